The second kappa shape index (κ2) is 3.69. The van der Waals surface area contributed by atoms with Gasteiger partial charge in [0.2, 0.25) is 0 Å². The Kier molecular flexibility index (Phi) is 2.61. The molecule has 1 aromatic carbocycles. The van der Waals surface area contributed by atoms with Crippen molar-refractivity contribution in [2.24, 2.45) is 0 Å². The molecular formula is C8H4ClNO4S2. The van der Waals surface area contributed by atoms with E-state index in [4.69, 9.17) is 10.7 Å². The second-order valence-corrected chi connectivity index (χ2v) is 6.86. The highest BCUT2D eigenvalue weighted by molar-refractivity contribution is 8.15. The van der Waals surface area contributed by atoms with Crippen LogP contribution >= 0.6 is 22.0 Å². The second-order valence-electron chi connectivity index (χ2n) is 2.98. The number of hydrogen-bond donors (Lipinski definition) is 0. The Morgan fingerprint density at radius 1 is 1.31 bits per heavy atom. The molecule has 0 radical (unpaired) electrons. The summed E-state index contributed by atoms with van der Waals surface area (Å²) in [6.45, 7) is 0. The molecule has 8 heteroatoms. The van der Waals surface area contributed by atoms with E-state index in [0.717, 1.165) is 11.3 Å². The number of benzene rings is 1. The molecule has 0 aliphatic carbocycles. The standard InChI is InChI=1S/C8H4ClNO4S2/c9-16(13,14)8-4-5-3-6(10(11)12)1-2-7(5)15-8/h1-4H. The third-order valence-corrected chi connectivity index (χ3v) is 5.12. The van der Waals surface area contributed by atoms with Crippen LogP contribution in [0.4, 0.5) is 5.69 Å². The Labute approximate surface area is 98.8 Å². The Morgan fingerprint density at radius 2 is 2.00 bits per heavy atom. The van der Waals surface area contributed by atoms with Gasteiger partial charge >= 0.3 is 0 Å². The summed E-state index contributed by atoms with van der Waals surface area (Å²) in [6, 6.07) is 5.47. The summed E-state index contributed by atoms with van der Waals surface area (Å²) in [5.74, 6) is 0. The molecule has 0 amide bonds. The summed E-state index contributed by atoms with van der Waals surface area (Å²) >= 11 is 0.982. The van der Waals surface area contributed by atoms with Crippen molar-refractivity contribution in [3.8, 4) is 0 Å². The van der Waals surface area contributed by atoms with Crippen molar-refractivity contribution in [3.05, 3.63) is 34.4 Å². The molecule has 0 saturated heterocycles. The van der Waals surface area contributed by atoms with Crippen LogP contribution in [0.3, 0.4) is 0 Å². The average Bonchev–Trinajstić information content (AvgIpc) is 2.58. The number of halogens is 1. The highest BCUT2D eigenvalue weighted by Gasteiger charge is 2.15. The molecule has 1 heterocycles. The molecule has 0 aliphatic rings. The molecule has 5 nitrogen and oxygen atoms in total. The normalized spacial score (nSPS) is 11.8. The molecular weight excluding hydrogens is 274 g/mol. The van der Waals surface area contributed by atoms with E-state index in [1.54, 1.807) is 0 Å². The van der Waals surface area contributed by atoms with Crippen LogP contribution < -0.4 is 0 Å². The molecule has 0 unspecified atom stereocenters. The number of nitro groups is 1. The molecule has 1 aromatic heterocycles. The Hall–Kier alpha value is -1.18. The molecule has 84 valence electrons. The maximum Gasteiger partial charge on any atom is 0.270 e. The van der Waals surface area contributed by atoms with Crippen LogP contribution in [0.25, 0.3) is 10.1 Å². The zero-order valence-electron chi connectivity index (χ0n) is 7.58. The molecule has 0 atom stereocenters. The van der Waals surface area contributed by atoms with Gasteiger partial charge in [-0.05, 0) is 12.1 Å². The smallest absolute Gasteiger partial charge is 0.258 e. The topological polar surface area (TPSA) is 77.3 Å². The zero-order chi connectivity index (χ0) is 11.9. The third kappa shape index (κ3) is 2.01. The van der Waals surface area contributed by atoms with Crippen molar-refractivity contribution >= 4 is 46.8 Å². The summed E-state index contributed by atoms with van der Waals surface area (Å²) in [7, 11) is 1.40. The molecule has 2 aromatic rings. The first-order valence-corrected chi connectivity index (χ1v) is 7.13. The number of nitrogens with zero attached hydrogens (tertiary/aromatic N) is 1. The van der Waals surface area contributed by atoms with E-state index in [1.807, 2.05) is 0 Å². The fourth-order valence-corrected chi connectivity index (χ4v) is 3.37. The minimum Gasteiger partial charge on any atom is -0.258 e. The summed E-state index contributed by atoms with van der Waals surface area (Å²) in [5.41, 5.74) is -0.0798. The van der Waals surface area contributed by atoms with Gasteiger partial charge in [-0.1, -0.05) is 0 Å². The lowest BCUT2D eigenvalue weighted by molar-refractivity contribution is -0.384. The van der Waals surface area contributed by atoms with Crippen LogP contribution in [0.1, 0.15) is 0 Å². The average molecular weight is 278 g/mol. The van der Waals surface area contributed by atoms with E-state index < -0.39 is 14.0 Å². The van der Waals surface area contributed by atoms with Gasteiger partial charge in [0.05, 0.1) is 4.92 Å². The Morgan fingerprint density at radius 3 is 2.56 bits per heavy atom. The number of hydrogen-bond acceptors (Lipinski definition) is 5. The van der Waals surface area contributed by atoms with Crippen LogP contribution in [0.2, 0.25) is 0 Å². The summed E-state index contributed by atoms with van der Waals surface area (Å²) in [4.78, 5) is 9.98. The van der Waals surface area contributed by atoms with Crippen LogP contribution in [0, 0.1) is 10.1 Å². The molecule has 0 bridgehead atoms. The zero-order valence-corrected chi connectivity index (χ0v) is 9.97. The first-order chi connectivity index (χ1) is 7.38. The molecule has 0 saturated carbocycles. The fourth-order valence-electron chi connectivity index (χ4n) is 1.24. The van der Waals surface area contributed by atoms with E-state index in [0.29, 0.717) is 10.1 Å². The first kappa shape index (κ1) is 11.3. The largest absolute Gasteiger partial charge is 0.270 e. The molecule has 0 fully saturated rings. The van der Waals surface area contributed by atoms with Gasteiger partial charge in [0.15, 0.2) is 0 Å². The van der Waals surface area contributed by atoms with Crippen molar-refractivity contribution in [2.75, 3.05) is 0 Å². The predicted molar refractivity (Wildman–Crippen MR) is 61.5 cm³/mol. The van der Waals surface area contributed by atoms with Gasteiger partial charge in [0.25, 0.3) is 14.7 Å². The van der Waals surface area contributed by atoms with Gasteiger partial charge in [-0.15, -0.1) is 11.3 Å². The highest BCUT2D eigenvalue weighted by atomic mass is 35.7. The van der Waals surface area contributed by atoms with Gasteiger partial charge in [-0.2, -0.15) is 0 Å². The van der Waals surface area contributed by atoms with E-state index in [-0.39, 0.29) is 9.90 Å². The molecule has 2 rings (SSSR count). The number of nitro benzene ring substituents is 1. The van der Waals surface area contributed by atoms with Gasteiger partial charge < -0.3 is 0 Å². The Bertz CT molecular complexity index is 676. The lowest BCUT2D eigenvalue weighted by Crippen LogP contribution is -1.85. The van der Waals surface area contributed by atoms with Crippen molar-refractivity contribution < 1.29 is 13.3 Å². The fraction of sp³-hybridized carbons (Fsp3) is 0. The lowest BCUT2D eigenvalue weighted by Gasteiger charge is -1.89. The number of rotatable bonds is 2. The van der Waals surface area contributed by atoms with Crippen molar-refractivity contribution in [3.63, 3.8) is 0 Å². The number of thiophene rings is 1. The molecule has 0 spiro atoms. The quantitative estimate of drug-likeness (QED) is 0.480. The highest BCUT2D eigenvalue weighted by Crippen LogP contribution is 2.32. The van der Waals surface area contributed by atoms with Crippen LogP contribution in [0.15, 0.2) is 28.5 Å². The minimum absolute atomic E-state index is 0.00957. The van der Waals surface area contributed by atoms with Crippen LogP contribution in [-0.2, 0) is 9.05 Å². The SMILES string of the molecule is O=[N+]([O-])c1ccc2sc(S(=O)(=O)Cl)cc2c1. The molecule has 16 heavy (non-hydrogen) atoms. The third-order valence-electron chi connectivity index (χ3n) is 1.93. The van der Waals surface area contributed by atoms with Gasteiger partial charge in [0.1, 0.15) is 4.21 Å². The van der Waals surface area contributed by atoms with Crippen LogP contribution in [0.5, 0.6) is 0 Å². The molecule has 0 aliphatic heterocycles. The molecule has 0 N–H and O–H groups in total. The monoisotopic (exact) mass is 277 g/mol. The van der Waals surface area contributed by atoms with E-state index in [1.165, 1.54) is 24.3 Å². The first-order valence-electron chi connectivity index (χ1n) is 4.00. The van der Waals surface area contributed by atoms with Crippen molar-refractivity contribution in [2.45, 2.75) is 4.21 Å². The lowest BCUT2D eigenvalue weighted by atomic mass is 10.2. The van der Waals surface area contributed by atoms with E-state index >= 15 is 0 Å². The predicted octanol–water partition coefficient (Wildman–Crippen LogP) is 2.74. The van der Waals surface area contributed by atoms with Crippen molar-refractivity contribution in [1.82, 2.24) is 0 Å². The van der Waals surface area contributed by atoms with Gasteiger partial charge in [0, 0.05) is 32.9 Å². The van der Waals surface area contributed by atoms with Crippen LogP contribution in [-0.4, -0.2) is 13.3 Å². The Balaban J connectivity index is 2.68. The van der Waals surface area contributed by atoms with Crippen molar-refractivity contribution in [1.29, 1.82) is 0 Å². The van der Waals surface area contributed by atoms with E-state index in [2.05, 4.69) is 0 Å². The van der Waals surface area contributed by atoms with Gasteiger partial charge in [-0.25, -0.2) is 8.42 Å². The summed E-state index contributed by atoms with van der Waals surface area (Å²) in [5, 5.41) is 11.0. The summed E-state index contributed by atoms with van der Waals surface area (Å²) in [6.07, 6.45) is 0. The maximum atomic E-state index is 11.1. The summed E-state index contributed by atoms with van der Waals surface area (Å²) < 4.78 is 22.8. The maximum absolute atomic E-state index is 11.1. The van der Waals surface area contributed by atoms with E-state index in [9.17, 15) is 18.5 Å². The minimum atomic E-state index is -3.78. The van der Waals surface area contributed by atoms with Gasteiger partial charge in [-0.3, -0.25) is 10.1 Å². The number of non-ortho nitro benzene ring substituents is 1. The number of fused-ring (bicyclic) bond motifs is 1.